The van der Waals surface area contributed by atoms with Crippen molar-refractivity contribution in [1.82, 2.24) is 5.32 Å². The second kappa shape index (κ2) is 10.1. The minimum Gasteiger partial charge on any atom is -0.480 e. The smallest absolute Gasteiger partial charge is 0.326 e. The van der Waals surface area contributed by atoms with Crippen molar-refractivity contribution in [2.75, 3.05) is 18.6 Å². The fourth-order valence-corrected chi connectivity index (χ4v) is 8.26. The monoisotopic (exact) mass is 506 g/mol. The van der Waals surface area contributed by atoms with Crippen molar-refractivity contribution in [3.05, 3.63) is 11.6 Å². The topological polar surface area (TPSA) is 108 Å². The van der Waals surface area contributed by atoms with Crippen LogP contribution in [-0.4, -0.2) is 58.1 Å². The van der Waals surface area contributed by atoms with Gasteiger partial charge in [-0.25, -0.2) is 4.79 Å². The molecule has 0 radical (unpaired) electrons. The summed E-state index contributed by atoms with van der Waals surface area (Å²) in [4.78, 5) is 28.8. The Kier molecular flexibility index (Phi) is 7.64. The highest BCUT2D eigenvalue weighted by Crippen LogP contribution is 2.67. The fraction of sp³-hybridized carbons (Fsp3) is 0.815. The summed E-state index contributed by atoms with van der Waals surface area (Å²) < 4.78 is 0. The van der Waals surface area contributed by atoms with E-state index < -0.39 is 23.5 Å². The largest absolute Gasteiger partial charge is 0.480 e. The van der Waals surface area contributed by atoms with Crippen molar-refractivity contribution in [2.24, 2.45) is 33.7 Å². The number of allylic oxidation sites excluding steroid dienone is 2. The molecular formula is C27H42N2O5S. The van der Waals surface area contributed by atoms with E-state index in [-0.39, 0.29) is 17.4 Å². The van der Waals surface area contributed by atoms with Crippen LogP contribution in [0.25, 0.3) is 0 Å². The number of amides is 1. The van der Waals surface area contributed by atoms with Crippen LogP contribution in [0.2, 0.25) is 0 Å². The number of rotatable bonds is 8. The number of fused-ring (bicyclic) bond motifs is 5. The molecule has 0 aromatic heterocycles. The number of hydrogen-bond donors (Lipinski definition) is 3. The maximum absolute atomic E-state index is 12.2. The van der Waals surface area contributed by atoms with E-state index in [2.05, 4.69) is 37.3 Å². The summed E-state index contributed by atoms with van der Waals surface area (Å²) in [5, 5.41) is 27.1. The Morgan fingerprint density at radius 3 is 2.63 bits per heavy atom. The van der Waals surface area contributed by atoms with Gasteiger partial charge in [0.05, 0.1) is 11.3 Å². The van der Waals surface area contributed by atoms with Gasteiger partial charge in [0.1, 0.15) is 6.04 Å². The van der Waals surface area contributed by atoms with Gasteiger partial charge < -0.3 is 20.4 Å². The Morgan fingerprint density at radius 1 is 1.17 bits per heavy atom. The van der Waals surface area contributed by atoms with Gasteiger partial charge in [0.15, 0.2) is 6.61 Å². The van der Waals surface area contributed by atoms with E-state index in [4.69, 9.17) is 4.84 Å². The van der Waals surface area contributed by atoms with Crippen LogP contribution in [0.15, 0.2) is 16.8 Å². The number of oxime groups is 1. The molecule has 7 atom stereocenters. The van der Waals surface area contributed by atoms with E-state index in [1.807, 2.05) is 6.26 Å². The van der Waals surface area contributed by atoms with E-state index in [1.54, 1.807) is 11.8 Å². The average molecular weight is 507 g/mol. The molecule has 8 heteroatoms. The van der Waals surface area contributed by atoms with Gasteiger partial charge in [-0.2, -0.15) is 11.8 Å². The first-order chi connectivity index (χ1) is 16.5. The number of nitrogens with one attached hydrogen (secondary N) is 1. The number of aliphatic hydroxyl groups is 1. The van der Waals surface area contributed by atoms with E-state index in [9.17, 15) is 19.8 Å². The van der Waals surface area contributed by atoms with Crippen LogP contribution in [0.4, 0.5) is 0 Å². The van der Waals surface area contributed by atoms with Crippen LogP contribution in [0.1, 0.15) is 78.6 Å². The number of hydrogen-bond acceptors (Lipinski definition) is 6. The minimum atomic E-state index is -1.03. The van der Waals surface area contributed by atoms with Crippen LogP contribution in [0.3, 0.4) is 0 Å². The zero-order chi connectivity index (χ0) is 25.4. The van der Waals surface area contributed by atoms with Crippen LogP contribution in [0.5, 0.6) is 0 Å². The molecule has 4 aliphatic carbocycles. The highest BCUT2D eigenvalue weighted by molar-refractivity contribution is 7.98. The Labute approximate surface area is 213 Å². The normalized spacial score (nSPS) is 40.2. The first-order valence-corrected chi connectivity index (χ1v) is 14.5. The van der Waals surface area contributed by atoms with Gasteiger partial charge in [-0.3, -0.25) is 4.79 Å². The van der Waals surface area contributed by atoms with Gasteiger partial charge in [0.2, 0.25) is 0 Å². The van der Waals surface area contributed by atoms with Crippen LogP contribution < -0.4 is 5.32 Å². The van der Waals surface area contributed by atoms with Crippen LogP contribution in [0, 0.1) is 28.6 Å². The highest BCUT2D eigenvalue weighted by atomic mass is 32.2. The Bertz CT molecular complexity index is 902. The number of nitrogens with zero attached hydrogens (tertiary/aromatic N) is 1. The third-order valence-corrected chi connectivity index (χ3v) is 10.8. The summed E-state index contributed by atoms with van der Waals surface area (Å²) >= 11 is 1.55. The zero-order valence-corrected chi connectivity index (χ0v) is 22.5. The molecule has 0 aliphatic heterocycles. The third-order valence-electron chi connectivity index (χ3n) is 10.2. The molecule has 0 heterocycles. The lowest BCUT2D eigenvalue weighted by Gasteiger charge is -2.59. The number of thioether (sulfide) groups is 1. The number of carbonyl (C=O) groups excluding carboxylic acids is 1. The number of aliphatic carboxylic acids is 1. The van der Waals surface area contributed by atoms with Gasteiger partial charge in [-0.15, -0.1) is 0 Å². The predicted octanol–water partition coefficient (Wildman–Crippen LogP) is 4.40. The van der Waals surface area contributed by atoms with Crippen molar-refractivity contribution in [2.45, 2.75) is 90.2 Å². The molecule has 0 spiro atoms. The second-order valence-electron chi connectivity index (χ2n) is 11.9. The van der Waals surface area contributed by atoms with Gasteiger partial charge in [-0.1, -0.05) is 24.6 Å². The number of carboxylic acids is 1. The predicted molar refractivity (Wildman–Crippen MR) is 138 cm³/mol. The SMILES string of the molecule is CSCC[C@H](NC(=O)CON=C1C=C2CC[C@@H]3[C@H](CC[C@@]4(C)[C@H]3CC[C@]4(C)O)[C@@]2(C)CC1)C(=O)O. The highest BCUT2D eigenvalue weighted by Gasteiger charge is 2.62. The summed E-state index contributed by atoms with van der Waals surface area (Å²) in [6.45, 7) is 6.53. The molecule has 0 unspecified atom stereocenters. The molecule has 35 heavy (non-hydrogen) atoms. The summed E-state index contributed by atoms with van der Waals surface area (Å²) in [5.74, 6) is 1.10. The first kappa shape index (κ1) is 26.5. The molecule has 3 fully saturated rings. The van der Waals surface area contributed by atoms with Crippen LogP contribution >= 0.6 is 11.8 Å². The van der Waals surface area contributed by atoms with Crippen molar-refractivity contribution >= 4 is 29.4 Å². The van der Waals surface area contributed by atoms with Crippen molar-refractivity contribution in [3.63, 3.8) is 0 Å². The summed E-state index contributed by atoms with van der Waals surface area (Å²) in [6, 6.07) is -0.903. The second-order valence-corrected chi connectivity index (χ2v) is 12.9. The quantitative estimate of drug-likeness (QED) is 0.421. The molecule has 4 rings (SSSR count). The minimum absolute atomic E-state index is 0.0382. The molecule has 3 N–H and O–H groups in total. The first-order valence-electron chi connectivity index (χ1n) is 13.2. The number of carbonyl (C=O) groups is 2. The van der Waals surface area contributed by atoms with Gasteiger partial charge in [0.25, 0.3) is 5.91 Å². The van der Waals surface area contributed by atoms with Crippen LogP contribution in [-0.2, 0) is 14.4 Å². The average Bonchev–Trinajstić information content (AvgIpc) is 3.05. The van der Waals surface area contributed by atoms with E-state index in [1.165, 1.54) is 18.4 Å². The summed E-state index contributed by atoms with van der Waals surface area (Å²) in [7, 11) is 0. The third kappa shape index (κ3) is 4.89. The van der Waals surface area contributed by atoms with Crippen molar-refractivity contribution in [3.8, 4) is 0 Å². The summed E-state index contributed by atoms with van der Waals surface area (Å²) in [5.41, 5.74) is 1.98. The Balaban J connectivity index is 1.37. The maximum Gasteiger partial charge on any atom is 0.326 e. The lowest BCUT2D eigenvalue weighted by atomic mass is 9.46. The number of carboxylic acid groups (broad SMARTS) is 1. The van der Waals surface area contributed by atoms with Gasteiger partial charge in [0, 0.05) is 0 Å². The molecular weight excluding hydrogens is 464 g/mol. The van der Waals surface area contributed by atoms with Crippen molar-refractivity contribution < 1.29 is 24.6 Å². The fourth-order valence-electron chi connectivity index (χ4n) is 7.79. The molecule has 4 aliphatic rings. The van der Waals surface area contributed by atoms with E-state index in [0.717, 1.165) is 44.2 Å². The van der Waals surface area contributed by atoms with Crippen molar-refractivity contribution in [1.29, 1.82) is 0 Å². The maximum atomic E-state index is 12.2. The molecule has 1 amide bonds. The summed E-state index contributed by atoms with van der Waals surface area (Å²) in [6.07, 6.45) is 12.9. The van der Waals surface area contributed by atoms with E-state index >= 15 is 0 Å². The lowest BCUT2D eigenvalue weighted by Crippen LogP contribution is -2.53. The molecule has 0 aromatic rings. The molecule has 0 aromatic carbocycles. The standard InChI is InChI=1S/C27H42N2O5S/c1-25-11-7-18(29-34-16-23(30)28-22(24(31)32)10-14-35-4)15-17(25)5-6-19-20(25)8-12-26(2)21(19)9-13-27(26,3)33/h15,19-22,33H,5-14,16H2,1-4H3,(H,28,30)(H,31,32)/t19-,20+,21+,22+,25+,26+,27+/m1/s1. The zero-order valence-electron chi connectivity index (χ0n) is 21.6. The Hall–Kier alpha value is -1.54. The molecule has 0 bridgehead atoms. The Morgan fingerprint density at radius 2 is 1.91 bits per heavy atom. The molecule has 0 saturated heterocycles. The molecule has 196 valence electrons. The lowest BCUT2D eigenvalue weighted by molar-refractivity contribution is -0.142. The van der Waals surface area contributed by atoms with Gasteiger partial charge >= 0.3 is 5.97 Å². The molecule has 3 saturated carbocycles. The van der Waals surface area contributed by atoms with E-state index in [0.29, 0.717) is 29.9 Å². The molecule has 7 nitrogen and oxygen atoms in total. The van der Waals surface area contributed by atoms with Gasteiger partial charge in [-0.05, 0) is 111 Å².